The van der Waals surface area contributed by atoms with Crippen LogP contribution in [0.1, 0.15) is 10.4 Å². The minimum atomic E-state index is -3.99. The lowest BCUT2D eigenvalue weighted by atomic mass is 10.2. The molecule has 3 aromatic rings. The largest absolute Gasteiger partial charge is 0.492 e. The first-order valence-electron chi connectivity index (χ1n) is 9.29. The first-order chi connectivity index (χ1) is 14.8. The summed E-state index contributed by atoms with van der Waals surface area (Å²) in [5.41, 5.74) is 0.301. The summed E-state index contributed by atoms with van der Waals surface area (Å²) >= 11 is 6.12. The van der Waals surface area contributed by atoms with Crippen LogP contribution in [0.25, 0.3) is 0 Å². The summed E-state index contributed by atoms with van der Waals surface area (Å²) in [4.78, 5) is 12.4. The highest BCUT2D eigenvalue weighted by atomic mass is 35.5. The maximum Gasteiger partial charge on any atom is 0.264 e. The van der Waals surface area contributed by atoms with E-state index in [0.717, 1.165) is 4.31 Å². The maximum absolute atomic E-state index is 13.1. The number of benzene rings is 3. The molecule has 3 rings (SSSR count). The Balaban J connectivity index is 1.71. The molecule has 3 aromatic carbocycles. The highest BCUT2D eigenvalue weighted by Crippen LogP contribution is 2.26. The molecule has 6 nitrogen and oxygen atoms in total. The van der Waals surface area contributed by atoms with Gasteiger partial charge in [0.2, 0.25) is 0 Å². The summed E-state index contributed by atoms with van der Waals surface area (Å²) in [6, 6.07) is 18.0. The van der Waals surface area contributed by atoms with E-state index >= 15 is 0 Å². The number of anilines is 1. The number of hydrogen-bond donors (Lipinski definition) is 1. The first-order valence-corrected chi connectivity index (χ1v) is 11.1. The quantitative estimate of drug-likeness (QED) is 0.511. The fourth-order valence-electron chi connectivity index (χ4n) is 2.73. The van der Waals surface area contributed by atoms with Gasteiger partial charge in [0.25, 0.3) is 15.9 Å². The van der Waals surface area contributed by atoms with Crippen molar-refractivity contribution in [3.8, 4) is 5.75 Å². The van der Waals surface area contributed by atoms with E-state index in [2.05, 4.69) is 5.32 Å². The number of rotatable bonds is 8. The molecule has 0 unspecified atom stereocenters. The van der Waals surface area contributed by atoms with E-state index in [1.807, 2.05) is 18.2 Å². The molecular weight excluding hydrogens is 443 g/mol. The van der Waals surface area contributed by atoms with Crippen LogP contribution in [0, 0.1) is 5.82 Å². The predicted molar refractivity (Wildman–Crippen MR) is 118 cm³/mol. The Hall–Kier alpha value is -3.10. The molecule has 0 saturated carbocycles. The minimum Gasteiger partial charge on any atom is -0.492 e. The molecular formula is C22H20ClFN2O4S. The third kappa shape index (κ3) is 5.53. The van der Waals surface area contributed by atoms with Gasteiger partial charge < -0.3 is 10.1 Å². The average Bonchev–Trinajstić information content (AvgIpc) is 2.77. The van der Waals surface area contributed by atoms with Crippen molar-refractivity contribution < 1.29 is 22.3 Å². The molecule has 0 aliphatic rings. The Morgan fingerprint density at radius 3 is 2.42 bits per heavy atom. The normalized spacial score (nSPS) is 11.1. The van der Waals surface area contributed by atoms with Gasteiger partial charge in [0.05, 0.1) is 27.7 Å². The van der Waals surface area contributed by atoms with E-state index in [-0.39, 0.29) is 34.3 Å². The van der Waals surface area contributed by atoms with Gasteiger partial charge in [-0.05, 0) is 54.6 Å². The second-order valence-electron chi connectivity index (χ2n) is 6.51. The monoisotopic (exact) mass is 462 g/mol. The van der Waals surface area contributed by atoms with Gasteiger partial charge in [-0.3, -0.25) is 9.10 Å². The number of para-hydroxylation sites is 1. The summed E-state index contributed by atoms with van der Waals surface area (Å²) in [5.74, 6) is -0.328. The van der Waals surface area contributed by atoms with Crippen LogP contribution in [0.4, 0.5) is 10.1 Å². The van der Waals surface area contributed by atoms with Crippen molar-refractivity contribution in [2.75, 3.05) is 24.5 Å². The molecule has 0 aromatic heterocycles. The molecule has 0 heterocycles. The van der Waals surface area contributed by atoms with Crippen LogP contribution in [0.3, 0.4) is 0 Å². The molecule has 0 radical (unpaired) electrons. The van der Waals surface area contributed by atoms with Crippen LogP contribution in [0.2, 0.25) is 5.02 Å². The number of nitrogens with one attached hydrogen (secondary N) is 1. The summed E-state index contributed by atoms with van der Waals surface area (Å²) < 4.78 is 45.6. The zero-order valence-electron chi connectivity index (χ0n) is 16.6. The van der Waals surface area contributed by atoms with Crippen molar-refractivity contribution in [1.82, 2.24) is 5.32 Å². The number of halogens is 2. The Kier molecular flexibility index (Phi) is 7.14. The van der Waals surface area contributed by atoms with Gasteiger partial charge >= 0.3 is 0 Å². The van der Waals surface area contributed by atoms with Crippen molar-refractivity contribution in [3.05, 3.63) is 89.2 Å². The summed E-state index contributed by atoms with van der Waals surface area (Å²) in [6.45, 7) is 0.440. The van der Waals surface area contributed by atoms with Crippen molar-refractivity contribution >= 4 is 33.2 Å². The molecule has 0 saturated heterocycles. The number of ether oxygens (including phenoxy) is 1. The Bertz CT molecular complexity index is 1160. The number of carbonyl (C=O) groups is 1. The van der Waals surface area contributed by atoms with Gasteiger partial charge in [0, 0.05) is 7.05 Å². The molecule has 1 N–H and O–H groups in total. The first kappa shape index (κ1) is 22.6. The van der Waals surface area contributed by atoms with Crippen LogP contribution in [-0.4, -0.2) is 34.5 Å². The maximum atomic E-state index is 13.1. The number of amides is 1. The number of sulfonamides is 1. The van der Waals surface area contributed by atoms with Gasteiger partial charge in [0.15, 0.2) is 0 Å². The molecule has 9 heteroatoms. The zero-order chi connectivity index (χ0) is 22.4. The van der Waals surface area contributed by atoms with Crippen molar-refractivity contribution in [2.45, 2.75) is 4.90 Å². The molecule has 0 aliphatic carbocycles. The molecule has 162 valence electrons. The number of nitrogens with zero attached hydrogens (tertiary/aromatic N) is 1. The van der Waals surface area contributed by atoms with E-state index in [1.165, 1.54) is 49.5 Å². The standard InChI is InChI=1S/C22H20ClFN2O4S/c1-26(17-9-7-16(24)8-10-17)31(28,29)19-11-12-21(23)20(15-19)22(27)25-13-14-30-18-5-3-2-4-6-18/h2-12,15H,13-14H2,1H3,(H,25,27). The van der Waals surface area contributed by atoms with Gasteiger partial charge in [0.1, 0.15) is 18.2 Å². The topological polar surface area (TPSA) is 75.7 Å². The highest BCUT2D eigenvalue weighted by molar-refractivity contribution is 7.92. The van der Waals surface area contributed by atoms with Crippen molar-refractivity contribution in [2.24, 2.45) is 0 Å². The van der Waals surface area contributed by atoms with E-state index in [9.17, 15) is 17.6 Å². The molecule has 1 amide bonds. The summed E-state index contributed by atoms with van der Waals surface area (Å²) in [7, 11) is -2.65. The van der Waals surface area contributed by atoms with Crippen LogP contribution in [0.5, 0.6) is 5.75 Å². The SMILES string of the molecule is CN(c1ccc(F)cc1)S(=O)(=O)c1ccc(Cl)c(C(=O)NCCOc2ccccc2)c1. The van der Waals surface area contributed by atoms with Gasteiger partial charge in [-0.2, -0.15) is 0 Å². The minimum absolute atomic E-state index is 0.0231. The Morgan fingerprint density at radius 1 is 1.06 bits per heavy atom. The number of hydrogen-bond acceptors (Lipinski definition) is 4. The Morgan fingerprint density at radius 2 is 1.74 bits per heavy atom. The third-order valence-corrected chi connectivity index (χ3v) is 6.54. The van der Waals surface area contributed by atoms with E-state index in [1.54, 1.807) is 12.1 Å². The van der Waals surface area contributed by atoms with Crippen molar-refractivity contribution in [1.29, 1.82) is 0 Å². The molecule has 0 spiro atoms. The van der Waals surface area contributed by atoms with E-state index < -0.39 is 21.7 Å². The lowest BCUT2D eigenvalue weighted by Gasteiger charge is -2.20. The molecule has 0 fully saturated rings. The fourth-order valence-corrected chi connectivity index (χ4v) is 4.16. The average molecular weight is 463 g/mol. The molecule has 31 heavy (non-hydrogen) atoms. The highest BCUT2D eigenvalue weighted by Gasteiger charge is 2.23. The van der Waals surface area contributed by atoms with Gasteiger partial charge in [-0.25, -0.2) is 12.8 Å². The second-order valence-corrected chi connectivity index (χ2v) is 8.88. The summed E-state index contributed by atoms with van der Waals surface area (Å²) in [5, 5.41) is 2.77. The van der Waals surface area contributed by atoms with E-state index in [0.29, 0.717) is 5.75 Å². The Labute approximate surface area is 185 Å². The van der Waals surface area contributed by atoms with Crippen molar-refractivity contribution in [3.63, 3.8) is 0 Å². The molecule has 0 aliphatic heterocycles. The lowest BCUT2D eigenvalue weighted by Crippen LogP contribution is -2.29. The van der Waals surface area contributed by atoms with E-state index in [4.69, 9.17) is 16.3 Å². The molecule has 0 atom stereocenters. The predicted octanol–water partition coefficient (Wildman–Crippen LogP) is 4.11. The fraction of sp³-hybridized carbons (Fsp3) is 0.136. The van der Waals surface area contributed by atoms with Gasteiger partial charge in [-0.1, -0.05) is 29.8 Å². The summed E-state index contributed by atoms with van der Waals surface area (Å²) in [6.07, 6.45) is 0. The van der Waals surface area contributed by atoms with Crippen LogP contribution in [0.15, 0.2) is 77.7 Å². The number of carbonyl (C=O) groups excluding carboxylic acids is 1. The lowest BCUT2D eigenvalue weighted by molar-refractivity contribution is 0.0947. The van der Waals surface area contributed by atoms with Gasteiger partial charge in [-0.15, -0.1) is 0 Å². The third-order valence-electron chi connectivity index (χ3n) is 4.43. The molecule has 0 bridgehead atoms. The smallest absolute Gasteiger partial charge is 0.264 e. The van der Waals surface area contributed by atoms with Crippen LogP contribution < -0.4 is 14.4 Å². The van der Waals surface area contributed by atoms with Crippen LogP contribution in [-0.2, 0) is 10.0 Å². The van der Waals surface area contributed by atoms with Crippen LogP contribution >= 0.6 is 11.6 Å². The zero-order valence-corrected chi connectivity index (χ0v) is 18.2. The second kappa shape index (κ2) is 9.80.